The molecule has 9 heteroatoms. The van der Waals surface area contributed by atoms with Crippen LogP contribution >= 0.6 is 35.6 Å². The van der Waals surface area contributed by atoms with Gasteiger partial charge in [-0.2, -0.15) is 5.10 Å². The molecule has 0 aliphatic carbocycles. The van der Waals surface area contributed by atoms with Crippen LogP contribution in [0.5, 0.6) is 0 Å². The summed E-state index contributed by atoms with van der Waals surface area (Å²) in [5.74, 6) is 2.87. The van der Waals surface area contributed by atoms with Crippen LogP contribution in [0.25, 0.3) is 0 Å². The van der Waals surface area contributed by atoms with Gasteiger partial charge in [0.15, 0.2) is 11.8 Å². The molecule has 7 nitrogen and oxygen atoms in total. The first kappa shape index (κ1) is 25.2. The van der Waals surface area contributed by atoms with Crippen LogP contribution in [0.4, 0.5) is 0 Å². The summed E-state index contributed by atoms with van der Waals surface area (Å²) < 4.78 is 7.72. The SMILES string of the molecule is CCNC(=NCC1(c2ccccc2Cl)CCOCC1)NC1CCc2nc(CC)nn2C1.I. The Morgan fingerprint density at radius 2 is 2.06 bits per heavy atom. The van der Waals surface area contributed by atoms with Crippen LogP contribution in [0.15, 0.2) is 29.3 Å². The van der Waals surface area contributed by atoms with E-state index in [1.807, 2.05) is 16.8 Å². The number of hydrogen-bond acceptors (Lipinski definition) is 4. The van der Waals surface area contributed by atoms with Crippen molar-refractivity contribution in [2.45, 2.75) is 64.0 Å². The highest BCUT2D eigenvalue weighted by Crippen LogP contribution is 2.38. The smallest absolute Gasteiger partial charge is 0.191 e. The number of rotatable bonds is 6. The van der Waals surface area contributed by atoms with Gasteiger partial charge in [-0.15, -0.1) is 24.0 Å². The second-order valence-corrected chi connectivity index (χ2v) is 8.83. The minimum Gasteiger partial charge on any atom is -0.381 e. The highest BCUT2D eigenvalue weighted by molar-refractivity contribution is 14.0. The number of aryl methyl sites for hydroxylation is 2. The van der Waals surface area contributed by atoms with E-state index in [-0.39, 0.29) is 35.4 Å². The Bertz CT molecular complexity index is 912. The summed E-state index contributed by atoms with van der Waals surface area (Å²) >= 11 is 6.60. The Balaban J connectivity index is 0.00000289. The van der Waals surface area contributed by atoms with Gasteiger partial charge in [-0.3, -0.25) is 4.99 Å². The molecule has 1 aromatic heterocycles. The van der Waals surface area contributed by atoms with Crippen LogP contribution in [0.3, 0.4) is 0 Å². The fourth-order valence-corrected chi connectivity index (χ4v) is 4.87. The van der Waals surface area contributed by atoms with Crippen LogP contribution in [0.2, 0.25) is 5.02 Å². The average Bonchev–Trinajstić information content (AvgIpc) is 3.21. The summed E-state index contributed by atoms with van der Waals surface area (Å²) in [6.45, 7) is 7.98. The number of nitrogens with zero attached hydrogens (tertiary/aromatic N) is 4. The van der Waals surface area contributed by atoms with Crippen molar-refractivity contribution in [1.29, 1.82) is 0 Å². The highest BCUT2D eigenvalue weighted by atomic mass is 127. The lowest BCUT2D eigenvalue weighted by molar-refractivity contribution is 0.0531. The van der Waals surface area contributed by atoms with E-state index in [1.54, 1.807) is 0 Å². The number of hydrogen-bond donors (Lipinski definition) is 2. The van der Waals surface area contributed by atoms with Gasteiger partial charge in [-0.1, -0.05) is 36.7 Å². The maximum Gasteiger partial charge on any atom is 0.191 e. The first-order valence-electron chi connectivity index (χ1n) is 11.4. The molecule has 4 rings (SSSR count). The van der Waals surface area contributed by atoms with Crippen molar-refractivity contribution in [2.75, 3.05) is 26.3 Å². The molecule has 32 heavy (non-hydrogen) atoms. The third-order valence-corrected chi connectivity index (χ3v) is 6.67. The van der Waals surface area contributed by atoms with Crippen molar-refractivity contribution in [3.63, 3.8) is 0 Å². The number of aliphatic imine (C=N–C) groups is 1. The molecule has 0 saturated carbocycles. The molecule has 0 radical (unpaired) electrons. The molecule has 2 aliphatic heterocycles. The lowest BCUT2D eigenvalue weighted by atomic mass is 9.74. The lowest BCUT2D eigenvalue weighted by Crippen LogP contribution is -2.48. The van der Waals surface area contributed by atoms with Crippen LogP contribution in [0.1, 0.15) is 50.3 Å². The maximum atomic E-state index is 6.60. The van der Waals surface area contributed by atoms with Crippen molar-refractivity contribution < 1.29 is 4.74 Å². The Morgan fingerprint density at radius 3 is 2.78 bits per heavy atom. The zero-order valence-electron chi connectivity index (χ0n) is 18.9. The fraction of sp³-hybridized carbons (Fsp3) is 0.609. The van der Waals surface area contributed by atoms with Crippen molar-refractivity contribution in [1.82, 2.24) is 25.4 Å². The monoisotopic (exact) mass is 572 g/mol. The molecule has 1 unspecified atom stereocenters. The van der Waals surface area contributed by atoms with E-state index in [0.29, 0.717) is 6.54 Å². The van der Waals surface area contributed by atoms with Crippen molar-refractivity contribution in [3.8, 4) is 0 Å². The first-order chi connectivity index (χ1) is 15.1. The van der Waals surface area contributed by atoms with Crippen molar-refractivity contribution in [3.05, 3.63) is 46.5 Å². The average molecular weight is 573 g/mol. The number of aromatic nitrogens is 3. The summed E-state index contributed by atoms with van der Waals surface area (Å²) in [7, 11) is 0. The van der Waals surface area contributed by atoms with Gasteiger partial charge in [-0.05, 0) is 37.8 Å². The minimum atomic E-state index is -0.0966. The van der Waals surface area contributed by atoms with Gasteiger partial charge in [0.2, 0.25) is 0 Å². The van der Waals surface area contributed by atoms with Crippen molar-refractivity contribution in [2.24, 2.45) is 4.99 Å². The molecule has 1 fully saturated rings. The Hall–Kier alpha value is -1.39. The second-order valence-electron chi connectivity index (χ2n) is 8.43. The molecule has 2 aromatic rings. The molecule has 1 saturated heterocycles. The Morgan fingerprint density at radius 1 is 1.28 bits per heavy atom. The molecular formula is C23H34ClIN6O. The molecule has 176 valence electrons. The van der Waals surface area contributed by atoms with E-state index < -0.39 is 0 Å². The third kappa shape index (κ3) is 5.75. The fourth-order valence-electron chi connectivity index (χ4n) is 4.54. The Kier molecular flexibility index (Phi) is 9.19. The lowest BCUT2D eigenvalue weighted by Gasteiger charge is -2.37. The maximum absolute atomic E-state index is 6.60. The predicted octanol–water partition coefficient (Wildman–Crippen LogP) is 3.73. The molecule has 3 heterocycles. The van der Waals surface area contributed by atoms with Crippen LogP contribution in [0, 0.1) is 0 Å². The molecule has 2 aliphatic rings. The summed E-state index contributed by atoms with van der Waals surface area (Å²) in [6, 6.07) is 8.45. The molecule has 0 amide bonds. The number of ether oxygens (including phenoxy) is 1. The van der Waals surface area contributed by atoms with E-state index in [2.05, 4.69) is 46.7 Å². The van der Waals surface area contributed by atoms with E-state index in [1.165, 1.54) is 5.56 Å². The summed E-state index contributed by atoms with van der Waals surface area (Å²) in [4.78, 5) is 9.65. The van der Waals surface area contributed by atoms with Gasteiger partial charge >= 0.3 is 0 Å². The zero-order valence-corrected chi connectivity index (χ0v) is 22.0. The van der Waals surface area contributed by atoms with E-state index in [0.717, 1.165) is 81.0 Å². The standard InChI is InChI=1S/C23H33ClN6O.HI/c1-3-20-28-21-10-9-17(15-30(21)29-20)27-22(25-4-2)26-16-23(11-13-31-14-12-23)18-7-5-6-8-19(18)24;/h5-8,17H,3-4,9-16H2,1-2H3,(H2,25,26,27);1H. The quantitative estimate of drug-likeness (QED) is 0.314. The third-order valence-electron chi connectivity index (χ3n) is 6.34. The molecule has 2 N–H and O–H groups in total. The van der Waals surface area contributed by atoms with E-state index in [9.17, 15) is 0 Å². The number of nitrogens with one attached hydrogen (secondary N) is 2. The largest absolute Gasteiger partial charge is 0.381 e. The molecule has 1 aromatic carbocycles. The molecule has 0 bridgehead atoms. The van der Waals surface area contributed by atoms with Gasteiger partial charge in [0, 0.05) is 49.1 Å². The molecule has 0 spiro atoms. The predicted molar refractivity (Wildman–Crippen MR) is 139 cm³/mol. The van der Waals surface area contributed by atoms with Crippen LogP contribution in [-0.2, 0) is 29.5 Å². The van der Waals surface area contributed by atoms with Gasteiger partial charge in [0.1, 0.15) is 5.82 Å². The van der Waals surface area contributed by atoms with Gasteiger partial charge in [0.25, 0.3) is 0 Å². The second kappa shape index (κ2) is 11.7. The highest BCUT2D eigenvalue weighted by Gasteiger charge is 2.36. The topological polar surface area (TPSA) is 76.4 Å². The van der Waals surface area contributed by atoms with E-state index in [4.69, 9.17) is 21.3 Å². The summed E-state index contributed by atoms with van der Waals surface area (Å²) in [6.07, 6.45) is 4.67. The van der Waals surface area contributed by atoms with Gasteiger partial charge in [0.05, 0.1) is 13.1 Å². The zero-order chi connectivity index (χ0) is 21.7. The van der Waals surface area contributed by atoms with E-state index >= 15 is 0 Å². The Labute approximate surface area is 212 Å². The first-order valence-corrected chi connectivity index (χ1v) is 11.8. The normalized spacial score (nSPS) is 20.2. The molecule has 1 atom stereocenters. The van der Waals surface area contributed by atoms with Gasteiger partial charge in [-0.25, -0.2) is 9.67 Å². The number of benzene rings is 1. The summed E-state index contributed by atoms with van der Waals surface area (Å²) in [5.41, 5.74) is 1.08. The van der Waals surface area contributed by atoms with Crippen LogP contribution in [-0.4, -0.2) is 53.1 Å². The van der Waals surface area contributed by atoms with Crippen LogP contribution < -0.4 is 10.6 Å². The number of guanidine groups is 1. The van der Waals surface area contributed by atoms with Crippen molar-refractivity contribution >= 4 is 41.5 Å². The molecular weight excluding hydrogens is 539 g/mol. The number of halogens is 2. The van der Waals surface area contributed by atoms with Gasteiger partial charge < -0.3 is 15.4 Å². The summed E-state index contributed by atoms with van der Waals surface area (Å²) in [5, 5.41) is 12.5. The minimum absolute atomic E-state index is 0. The number of fused-ring (bicyclic) bond motifs is 1.